The Balaban J connectivity index is 2.05. The number of hydrogen-bond donors (Lipinski definition) is 2. The molecule has 1 heterocycles. The summed E-state index contributed by atoms with van der Waals surface area (Å²) >= 11 is 0. The number of carbonyl (C=O) groups excluding carboxylic acids is 1. The Labute approximate surface area is 137 Å². The zero-order valence-corrected chi connectivity index (χ0v) is 14.3. The maximum Gasteiger partial charge on any atom is 0.223 e. The molecule has 1 aromatic rings. The first-order valence-electron chi connectivity index (χ1n) is 7.89. The van der Waals surface area contributed by atoms with E-state index in [4.69, 9.17) is 14.2 Å². The maximum absolute atomic E-state index is 12.4. The van der Waals surface area contributed by atoms with Crippen molar-refractivity contribution >= 4 is 5.91 Å². The van der Waals surface area contributed by atoms with Crippen LogP contribution in [0.2, 0.25) is 0 Å². The number of hydrogen-bond acceptors (Lipinski definition) is 5. The van der Waals surface area contributed by atoms with Gasteiger partial charge in [0.1, 0.15) is 5.75 Å². The number of methoxy groups -OCH3 is 3. The summed E-state index contributed by atoms with van der Waals surface area (Å²) in [5.74, 6) is 2.05. The predicted molar refractivity (Wildman–Crippen MR) is 88.1 cm³/mol. The fourth-order valence-electron chi connectivity index (χ4n) is 2.93. The van der Waals surface area contributed by atoms with Crippen molar-refractivity contribution in [3.63, 3.8) is 0 Å². The molecule has 1 saturated heterocycles. The lowest BCUT2D eigenvalue weighted by Gasteiger charge is -2.27. The van der Waals surface area contributed by atoms with Crippen LogP contribution in [0.5, 0.6) is 17.2 Å². The first-order valence-corrected chi connectivity index (χ1v) is 7.89. The molecule has 23 heavy (non-hydrogen) atoms. The van der Waals surface area contributed by atoms with Crippen molar-refractivity contribution < 1.29 is 19.0 Å². The second kappa shape index (κ2) is 8.06. The summed E-state index contributed by atoms with van der Waals surface area (Å²) in [7, 11) is 4.77. The molecule has 2 rings (SSSR count). The largest absolute Gasteiger partial charge is 0.496 e. The molecular formula is C17H26N2O4. The fourth-order valence-corrected chi connectivity index (χ4v) is 2.93. The highest BCUT2D eigenvalue weighted by Gasteiger charge is 2.24. The van der Waals surface area contributed by atoms with Crippen LogP contribution in [-0.2, 0) is 11.3 Å². The van der Waals surface area contributed by atoms with Crippen molar-refractivity contribution in [3.8, 4) is 17.2 Å². The van der Waals surface area contributed by atoms with Gasteiger partial charge in [0.2, 0.25) is 5.91 Å². The van der Waals surface area contributed by atoms with Gasteiger partial charge >= 0.3 is 0 Å². The topological polar surface area (TPSA) is 68.8 Å². The minimum Gasteiger partial charge on any atom is -0.496 e. The molecule has 0 aliphatic carbocycles. The molecule has 0 unspecified atom stereocenters. The third-order valence-electron chi connectivity index (χ3n) is 4.23. The number of ether oxygens (including phenoxy) is 3. The molecule has 6 heteroatoms. The Kier molecular flexibility index (Phi) is 6.10. The second-order valence-corrected chi connectivity index (χ2v) is 5.81. The van der Waals surface area contributed by atoms with Crippen LogP contribution in [0.1, 0.15) is 25.3 Å². The van der Waals surface area contributed by atoms with Gasteiger partial charge in [0, 0.05) is 30.1 Å². The minimum atomic E-state index is 0.0670. The molecule has 0 spiro atoms. The third-order valence-corrected chi connectivity index (χ3v) is 4.23. The highest BCUT2D eigenvalue weighted by Crippen LogP contribution is 2.34. The van der Waals surface area contributed by atoms with E-state index in [1.165, 1.54) is 0 Å². The quantitative estimate of drug-likeness (QED) is 0.834. The van der Waals surface area contributed by atoms with Gasteiger partial charge in [-0.2, -0.15) is 0 Å². The number of carbonyl (C=O) groups is 1. The van der Waals surface area contributed by atoms with E-state index in [0.717, 1.165) is 24.9 Å². The number of amides is 1. The molecule has 1 aliphatic rings. The lowest BCUT2D eigenvalue weighted by Crippen LogP contribution is -2.42. The van der Waals surface area contributed by atoms with Gasteiger partial charge in [0.15, 0.2) is 11.5 Å². The Morgan fingerprint density at radius 1 is 1.17 bits per heavy atom. The number of piperidine rings is 1. The summed E-state index contributed by atoms with van der Waals surface area (Å²) in [6.07, 6.45) is 1.74. The smallest absolute Gasteiger partial charge is 0.223 e. The Bertz CT molecular complexity index is 548. The number of nitrogens with one attached hydrogen (secondary N) is 2. The fraction of sp³-hybridized carbons (Fsp3) is 0.588. The Hall–Kier alpha value is -1.95. The summed E-state index contributed by atoms with van der Waals surface area (Å²) in [5, 5.41) is 6.37. The highest BCUT2D eigenvalue weighted by atomic mass is 16.5. The average molecular weight is 322 g/mol. The predicted octanol–water partition coefficient (Wildman–Crippen LogP) is 1.72. The summed E-state index contributed by atoms with van der Waals surface area (Å²) in [4.78, 5) is 12.4. The van der Waals surface area contributed by atoms with Crippen LogP contribution in [-0.4, -0.2) is 39.8 Å². The molecule has 0 aromatic heterocycles. The molecule has 0 saturated carbocycles. The summed E-state index contributed by atoms with van der Waals surface area (Å²) < 4.78 is 16.0. The Morgan fingerprint density at radius 3 is 2.43 bits per heavy atom. The molecule has 6 nitrogen and oxygen atoms in total. The van der Waals surface area contributed by atoms with Gasteiger partial charge in [-0.15, -0.1) is 0 Å². The molecule has 1 aliphatic heterocycles. The highest BCUT2D eigenvalue weighted by molar-refractivity contribution is 5.79. The molecule has 0 radical (unpaired) electrons. The van der Waals surface area contributed by atoms with E-state index in [9.17, 15) is 4.79 Å². The molecular weight excluding hydrogens is 296 g/mol. The van der Waals surface area contributed by atoms with Gasteiger partial charge < -0.3 is 24.8 Å². The van der Waals surface area contributed by atoms with E-state index in [2.05, 4.69) is 17.6 Å². The van der Waals surface area contributed by atoms with Crippen molar-refractivity contribution in [1.82, 2.24) is 10.6 Å². The van der Waals surface area contributed by atoms with Gasteiger partial charge in [-0.3, -0.25) is 4.79 Å². The van der Waals surface area contributed by atoms with Gasteiger partial charge in [-0.25, -0.2) is 0 Å². The lowest BCUT2D eigenvalue weighted by atomic mass is 9.92. The van der Waals surface area contributed by atoms with E-state index in [0.29, 0.717) is 29.8 Å². The second-order valence-electron chi connectivity index (χ2n) is 5.81. The van der Waals surface area contributed by atoms with Crippen LogP contribution in [0.3, 0.4) is 0 Å². The third kappa shape index (κ3) is 4.28. The number of benzene rings is 1. The van der Waals surface area contributed by atoms with Crippen molar-refractivity contribution in [1.29, 1.82) is 0 Å². The van der Waals surface area contributed by atoms with Crippen molar-refractivity contribution in [2.24, 2.45) is 5.92 Å². The van der Waals surface area contributed by atoms with Crippen molar-refractivity contribution in [2.45, 2.75) is 32.4 Å². The molecule has 0 bridgehead atoms. The van der Waals surface area contributed by atoms with Crippen LogP contribution in [0.4, 0.5) is 0 Å². The lowest BCUT2D eigenvalue weighted by molar-refractivity contribution is -0.126. The maximum atomic E-state index is 12.4. The number of rotatable bonds is 6. The van der Waals surface area contributed by atoms with Crippen LogP contribution in [0, 0.1) is 5.92 Å². The van der Waals surface area contributed by atoms with E-state index < -0.39 is 0 Å². The monoisotopic (exact) mass is 322 g/mol. The zero-order valence-electron chi connectivity index (χ0n) is 14.3. The molecule has 2 N–H and O–H groups in total. The first-order chi connectivity index (χ1) is 11.1. The van der Waals surface area contributed by atoms with Gasteiger partial charge in [-0.1, -0.05) is 0 Å². The van der Waals surface area contributed by atoms with E-state index >= 15 is 0 Å². The zero-order chi connectivity index (χ0) is 16.8. The van der Waals surface area contributed by atoms with Gasteiger partial charge in [-0.05, 0) is 32.4 Å². The first kappa shape index (κ1) is 17.4. The molecule has 1 fully saturated rings. The average Bonchev–Trinajstić information content (AvgIpc) is 2.58. The van der Waals surface area contributed by atoms with Crippen LogP contribution in [0.25, 0.3) is 0 Å². The summed E-state index contributed by atoms with van der Waals surface area (Å²) in [6, 6.07) is 3.99. The molecule has 2 atom stereocenters. The summed E-state index contributed by atoms with van der Waals surface area (Å²) in [6.45, 7) is 3.40. The van der Waals surface area contributed by atoms with Crippen molar-refractivity contribution in [3.05, 3.63) is 17.7 Å². The van der Waals surface area contributed by atoms with E-state index in [1.807, 2.05) is 6.07 Å². The standard InChI is InChI=1S/C17H26N2O4/c1-11-7-12(5-6-18-11)17(20)19-10-13-8-15(22-3)16(23-4)9-14(13)21-2/h8-9,11-12,18H,5-7,10H2,1-4H3,(H,19,20)/t11-,12-/m0/s1. The van der Waals surface area contributed by atoms with Crippen LogP contribution < -0.4 is 24.8 Å². The normalized spacial score (nSPS) is 20.7. The molecule has 128 valence electrons. The van der Waals surface area contributed by atoms with Crippen LogP contribution in [0.15, 0.2) is 12.1 Å². The summed E-state index contributed by atoms with van der Waals surface area (Å²) in [5.41, 5.74) is 0.862. The minimum absolute atomic E-state index is 0.0670. The Morgan fingerprint density at radius 2 is 1.83 bits per heavy atom. The van der Waals surface area contributed by atoms with E-state index in [-0.39, 0.29) is 11.8 Å². The molecule has 1 aromatic carbocycles. The van der Waals surface area contributed by atoms with E-state index in [1.54, 1.807) is 27.4 Å². The SMILES string of the molecule is COc1cc(OC)c(OC)cc1CNC(=O)[C@H]1CCN[C@@H](C)C1. The van der Waals surface area contributed by atoms with Gasteiger partial charge in [0.25, 0.3) is 0 Å². The van der Waals surface area contributed by atoms with Gasteiger partial charge in [0.05, 0.1) is 21.3 Å². The molecule has 1 amide bonds. The van der Waals surface area contributed by atoms with Crippen LogP contribution >= 0.6 is 0 Å². The van der Waals surface area contributed by atoms with Crippen molar-refractivity contribution in [2.75, 3.05) is 27.9 Å².